The molecule has 1 aliphatic rings. The van der Waals surface area contributed by atoms with Gasteiger partial charge in [-0.3, -0.25) is 9.36 Å². The van der Waals surface area contributed by atoms with E-state index in [4.69, 9.17) is 4.74 Å². The van der Waals surface area contributed by atoms with E-state index in [2.05, 4.69) is 11.9 Å². The first-order chi connectivity index (χ1) is 11.7. The first kappa shape index (κ1) is 16.6. The predicted molar refractivity (Wildman–Crippen MR) is 93.1 cm³/mol. The lowest BCUT2D eigenvalue weighted by Crippen LogP contribution is -2.25. The predicted octanol–water partition coefficient (Wildman–Crippen LogP) is 3.77. The van der Waals surface area contributed by atoms with E-state index in [0.717, 1.165) is 43.5 Å². The topological polar surface area (TPSA) is 64.3 Å². The van der Waals surface area contributed by atoms with Crippen LogP contribution in [0.4, 0.5) is 0 Å². The van der Waals surface area contributed by atoms with Crippen molar-refractivity contribution in [2.45, 2.75) is 51.4 Å². The maximum atomic E-state index is 12.6. The number of aromatic hydroxyl groups is 1. The molecule has 5 heteroatoms. The smallest absolute Gasteiger partial charge is 0.261 e. The highest BCUT2D eigenvalue weighted by Gasteiger charge is 2.22. The lowest BCUT2D eigenvalue weighted by Gasteiger charge is -2.24. The molecule has 0 radical (unpaired) electrons. The van der Waals surface area contributed by atoms with Gasteiger partial charge in [0, 0.05) is 12.0 Å². The van der Waals surface area contributed by atoms with Gasteiger partial charge in [-0.2, -0.15) is 4.98 Å². The van der Waals surface area contributed by atoms with Crippen molar-refractivity contribution in [2.24, 2.45) is 0 Å². The quantitative estimate of drug-likeness (QED) is 0.907. The van der Waals surface area contributed by atoms with E-state index in [0.29, 0.717) is 12.4 Å². The number of aromatic nitrogens is 2. The molecule has 0 bridgehead atoms. The Morgan fingerprint density at radius 1 is 1.25 bits per heavy atom. The Morgan fingerprint density at radius 2 is 2.04 bits per heavy atom. The van der Waals surface area contributed by atoms with Crippen molar-refractivity contribution in [3.63, 3.8) is 0 Å². The van der Waals surface area contributed by atoms with Gasteiger partial charge in [-0.25, -0.2) is 0 Å². The molecule has 1 heterocycles. The van der Waals surface area contributed by atoms with E-state index in [1.807, 2.05) is 24.3 Å². The summed E-state index contributed by atoms with van der Waals surface area (Å²) >= 11 is 0. The summed E-state index contributed by atoms with van der Waals surface area (Å²) in [6.45, 7) is 2.70. The van der Waals surface area contributed by atoms with Crippen LogP contribution >= 0.6 is 0 Å². The van der Waals surface area contributed by atoms with Crippen molar-refractivity contribution < 1.29 is 9.84 Å². The summed E-state index contributed by atoms with van der Waals surface area (Å²) in [5, 5.41) is 9.82. The van der Waals surface area contributed by atoms with E-state index in [9.17, 15) is 9.90 Å². The Labute approximate surface area is 141 Å². The molecule has 1 aromatic carbocycles. The van der Waals surface area contributed by atoms with Crippen molar-refractivity contribution in [3.05, 3.63) is 46.5 Å². The molecule has 0 spiro atoms. The normalized spacial score (nSPS) is 15.4. The lowest BCUT2D eigenvalue weighted by molar-refractivity contribution is 0.317. The Kier molecular flexibility index (Phi) is 5.18. The maximum absolute atomic E-state index is 12.6. The number of hydrogen-bond donors (Lipinski definition) is 1. The SMILES string of the molecule is CCCOc1cccc(-n2c(C3CCCCC3)nc(O)cc2=O)c1. The van der Waals surface area contributed by atoms with Gasteiger partial charge in [0.2, 0.25) is 5.88 Å². The van der Waals surface area contributed by atoms with Crippen LogP contribution in [0.25, 0.3) is 5.69 Å². The van der Waals surface area contributed by atoms with Crippen LogP contribution in [-0.2, 0) is 0 Å². The van der Waals surface area contributed by atoms with Crippen molar-refractivity contribution in [1.29, 1.82) is 0 Å². The Bertz CT molecular complexity index is 749. The average molecular weight is 328 g/mol. The molecule has 0 saturated heterocycles. The highest BCUT2D eigenvalue weighted by atomic mass is 16.5. The second kappa shape index (κ2) is 7.51. The molecule has 0 unspecified atom stereocenters. The molecular formula is C19H24N2O3. The molecule has 0 atom stereocenters. The second-order valence-electron chi connectivity index (χ2n) is 6.33. The Hall–Kier alpha value is -2.30. The minimum Gasteiger partial charge on any atom is -0.494 e. The monoisotopic (exact) mass is 328 g/mol. The van der Waals surface area contributed by atoms with E-state index in [1.165, 1.54) is 12.5 Å². The van der Waals surface area contributed by atoms with E-state index in [-0.39, 0.29) is 17.4 Å². The fraction of sp³-hybridized carbons (Fsp3) is 0.474. The highest BCUT2D eigenvalue weighted by molar-refractivity contribution is 5.41. The summed E-state index contributed by atoms with van der Waals surface area (Å²) in [6.07, 6.45) is 6.42. The van der Waals surface area contributed by atoms with Gasteiger partial charge in [-0.15, -0.1) is 0 Å². The minimum atomic E-state index is -0.254. The third-order valence-corrected chi connectivity index (χ3v) is 4.45. The minimum absolute atomic E-state index is 0.199. The zero-order chi connectivity index (χ0) is 16.9. The molecule has 0 aliphatic heterocycles. The zero-order valence-corrected chi connectivity index (χ0v) is 14.1. The summed E-state index contributed by atoms with van der Waals surface area (Å²) in [6, 6.07) is 8.68. The Morgan fingerprint density at radius 3 is 2.79 bits per heavy atom. The number of rotatable bonds is 5. The van der Waals surface area contributed by atoms with Crippen LogP contribution in [0, 0.1) is 0 Å². The number of benzene rings is 1. The van der Waals surface area contributed by atoms with Crippen LogP contribution in [-0.4, -0.2) is 21.3 Å². The molecular weight excluding hydrogens is 304 g/mol. The molecule has 3 rings (SSSR count). The van der Waals surface area contributed by atoms with Gasteiger partial charge < -0.3 is 9.84 Å². The maximum Gasteiger partial charge on any atom is 0.261 e. The van der Waals surface area contributed by atoms with Gasteiger partial charge in [0.25, 0.3) is 5.56 Å². The standard InChI is InChI=1S/C19H24N2O3/c1-2-11-24-16-10-6-9-15(12-16)21-18(23)13-17(22)20-19(21)14-7-4-3-5-8-14/h6,9-10,12-14,22H,2-5,7-8,11H2,1H3. The molecule has 1 fully saturated rings. The first-order valence-corrected chi connectivity index (χ1v) is 8.75. The average Bonchev–Trinajstić information content (AvgIpc) is 2.60. The largest absolute Gasteiger partial charge is 0.494 e. The molecule has 1 N–H and O–H groups in total. The van der Waals surface area contributed by atoms with Crippen LogP contribution in [0.1, 0.15) is 57.2 Å². The molecule has 0 amide bonds. The summed E-state index contributed by atoms with van der Waals surface area (Å²) < 4.78 is 7.30. The lowest BCUT2D eigenvalue weighted by atomic mass is 9.88. The van der Waals surface area contributed by atoms with Crippen molar-refractivity contribution in [3.8, 4) is 17.3 Å². The van der Waals surface area contributed by atoms with Gasteiger partial charge in [-0.1, -0.05) is 32.3 Å². The van der Waals surface area contributed by atoms with Crippen LogP contribution < -0.4 is 10.3 Å². The highest BCUT2D eigenvalue weighted by Crippen LogP contribution is 2.33. The van der Waals surface area contributed by atoms with Crippen molar-refractivity contribution in [2.75, 3.05) is 6.61 Å². The Balaban J connectivity index is 2.04. The van der Waals surface area contributed by atoms with Gasteiger partial charge in [0.1, 0.15) is 11.6 Å². The number of ether oxygens (including phenoxy) is 1. The van der Waals surface area contributed by atoms with E-state index >= 15 is 0 Å². The third-order valence-electron chi connectivity index (χ3n) is 4.45. The van der Waals surface area contributed by atoms with Gasteiger partial charge >= 0.3 is 0 Å². The van der Waals surface area contributed by atoms with Crippen LogP contribution in [0.3, 0.4) is 0 Å². The molecule has 1 saturated carbocycles. The number of hydrogen-bond acceptors (Lipinski definition) is 4. The first-order valence-electron chi connectivity index (χ1n) is 8.75. The van der Waals surface area contributed by atoms with Crippen molar-refractivity contribution in [1.82, 2.24) is 9.55 Å². The second-order valence-corrected chi connectivity index (χ2v) is 6.33. The van der Waals surface area contributed by atoms with Crippen molar-refractivity contribution >= 4 is 0 Å². The summed E-state index contributed by atoms with van der Waals surface area (Å²) in [4.78, 5) is 16.9. The third kappa shape index (κ3) is 3.61. The number of nitrogens with zero attached hydrogens (tertiary/aromatic N) is 2. The van der Waals surface area contributed by atoms with Crippen LogP contribution in [0.5, 0.6) is 11.6 Å². The van der Waals surface area contributed by atoms with Gasteiger partial charge in [-0.05, 0) is 31.4 Å². The fourth-order valence-electron chi connectivity index (χ4n) is 3.31. The molecule has 1 aliphatic carbocycles. The molecule has 24 heavy (non-hydrogen) atoms. The fourth-order valence-corrected chi connectivity index (χ4v) is 3.31. The molecule has 1 aromatic heterocycles. The summed E-state index contributed by atoms with van der Waals surface area (Å²) in [7, 11) is 0. The zero-order valence-electron chi connectivity index (χ0n) is 14.1. The van der Waals surface area contributed by atoms with E-state index in [1.54, 1.807) is 4.57 Å². The summed E-state index contributed by atoms with van der Waals surface area (Å²) in [5.74, 6) is 1.41. The van der Waals surface area contributed by atoms with Crippen LogP contribution in [0.15, 0.2) is 35.1 Å². The van der Waals surface area contributed by atoms with Gasteiger partial charge in [0.05, 0.1) is 18.4 Å². The molecule has 5 nitrogen and oxygen atoms in total. The molecule has 2 aromatic rings. The van der Waals surface area contributed by atoms with Crippen LogP contribution in [0.2, 0.25) is 0 Å². The summed E-state index contributed by atoms with van der Waals surface area (Å²) in [5.41, 5.74) is 0.484. The molecule has 128 valence electrons. The van der Waals surface area contributed by atoms with Gasteiger partial charge in [0.15, 0.2) is 0 Å². The van der Waals surface area contributed by atoms with E-state index < -0.39 is 0 Å².